The van der Waals surface area contributed by atoms with Crippen molar-refractivity contribution in [2.75, 3.05) is 38.3 Å². The largest absolute Gasteiger partial charge is 0.493 e. The van der Waals surface area contributed by atoms with Gasteiger partial charge in [0.25, 0.3) is 5.91 Å². The molecule has 3 rings (SSSR count). The second-order valence-corrected chi connectivity index (χ2v) is 8.82. The van der Waals surface area contributed by atoms with Crippen LogP contribution >= 0.6 is 0 Å². The summed E-state index contributed by atoms with van der Waals surface area (Å²) in [5.41, 5.74) is 2.40. The van der Waals surface area contributed by atoms with Gasteiger partial charge in [0, 0.05) is 18.8 Å². The fraction of sp³-hybridized carbons (Fsp3) is 0.333. The summed E-state index contributed by atoms with van der Waals surface area (Å²) in [5, 5.41) is 0. The molecule has 2 aromatic rings. The van der Waals surface area contributed by atoms with Crippen LogP contribution in [0.5, 0.6) is 11.5 Å². The van der Waals surface area contributed by atoms with Crippen molar-refractivity contribution in [3.8, 4) is 11.5 Å². The maximum Gasteiger partial charge on any atom is 0.338 e. The van der Waals surface area contributed by atoms with Crippen LogP contribution in [0, 0.1) is 0 Å². The molecular formula is C21H24N2O7S. The number of nitrogens with one attached hydrogen (secondary N) is 1. The van der Waals surface area contributed by atoms with Crippen LogP contribution in [0.1, 0.15) is 21.5 Å². The molecule has 0 spiro atoms. The average Bonchev–Trinajstić information content (AvgIpc) is 2.74. The SMILES string of the molecule is COc1cc2c(cc1OC)CN(C(=O)COC(=O)c1cccc(NS(C)(=O)=O)c1)CC2. The van der Waals surface area contributed by atoms with Gasteiger partial charge in [0.2, 0.25) is 10.0 Å². The lowest BCUT2D eigenvalue weighted by Crippen LogP contribution is -2.38. The number of methoxy groups -OCH3 is 2. The number of benzene rings is 2. The first-order chi connectivity index (χ1) is 14.7. The fourth-order valence-electron chi connectivity index (χ4n) is 3.32. The van der Waals surface area contributed by atoms with E-state index in [1.165, 1.54) is 24.3 Å². The molecule has 0 bridgehead atoms. The Morgan fingerprint density at radius 3 is 2.39 bits per heavy atom. The molecular weight excluding hydrogens is 424 g/mol. The van der Waals surface area contributed by atoms with Crippen LogP contribution in [0.4, 0.5) is 5.69 Å². The molecule has 0 saturated heterocycles. The van der Waals surface area contributed by atoms with Gasteiger partial charge in [-0.2, -0.15) is 0 Å². The number of ether oxygens (including phenoxy) is 3. The summed E-state index contributed by atoms with van der Waals surface area (Å²) in [5.74, 6) is 0.195. The van der Waals surface area contributed by atoms with E-state index in [2.05, 4.69) is 4.72 Å². The topological polar surface area (TPSA) is 111 Å². The normalized spacial score (nSPS) is 13.2. The third kappa shape index (κ3) is 5.66. The molecule has 1 heterocycles. The van der Waals surface area contributed by atoms with Crippen LogP contribution in [0.15, 0.2) is 36.4 Å². The number of nitrogens with zero attached hydrogens (tertiary/aromatic N) is 1. The van der Waals surface area contributed by atoms with Gasteiger partial charge < -0.3 is 19.1 Å². The first-order valence-corrected chi connectivity index (χ1v) is 11.4. The molecule has 1 N–H and O–H groups in total. The number of anilines is 1. The zero-order chi connectivity index (χ0) is 22.6. The van der Waals surface area contributed by atoms with Crippen molar-refractivity contribution in [3.63, 3.8) is 0 Å². The van der Waals surface area contributed by atoms with E-state index in [-0.39, 0.29) is 17.2 Å². The Morgan fingerprint density at radius 1 is 1.06 bits per heavy atom. The minimum absolute atomic E-state index is 0.141. The molecule has 10 heteroatoms. The molecule has 1 aliphatic heterocycles. The first-order valence-electron chi connectivity index (χ1n) is 9.46. The van der Waals surface area contributed by atoms with Gasteiger partial charge >= 0.3 is 5.97 Å². The number of amides is 1. The van der Waals surface area contributed by atoms with Gasteiger partial charge in [0.05, 0.1) is 26.0 Å². The summed E-state index contributed by atoms with van der Waals surface area (Å²) in [7, 11) is -0.349. The Kier molecular flexibility index (Phi) is 6.69. The highest BCUT2D eigenvalue weighted by Crippen LogP contribution is 2.33. The summed E-state index contributed by atoms with van der Waals surface area (Å²) in [4.78, 5) is 26.5. The predicted molar refractivity (Wildman–Crippen MR) is 114 cm³/mol. The van der Waals surface area contributed by atoms with Crippen LogP contribution < -0.4 is 14.2 Å². The Bertz CT molecular complexity index is 1100. The molecule has 0 radical (unpaired) electrons. The number of sulfonamides is 1. The van der Waals surface area contributed by atoms with Gasteiger partial charge in [-0.25, -0.2) is 13.2 Å². The van der Waals surface area contributed by atoms with E-state index in [4.69, 9.17) is 14.2 Å². The smallest absolute Gasteiger partial charge is 0.338 e. The van der Waals surface area contributed by atoms with Crippen LogP contribution in [0.2, 0.25) is 0 Å². The monoisotopic (exact) mass is 448 g/mol. The predicted octanol–water partition coefficient (Wildman–Crippen LogP) is 1.82. The van der Waals surface area contributed by atoms with Crippen molar-refractivity contribution in [2.45, 2.75) is 13.0 Å². The molecule has 0 saturated carbocycles. The summed E-state index contributed by atoms with van der Waals surface area (Å²) in [6.45, 7) is 0.456. The second kappa shape index (κ2) is 9.25. The minimum atomic E-state index is -3.47. The van der Waals surface area contributed by atoms with E-state index in [0.717, 1.165) is 17.4 Å². The molecule has 0 atom stereocenters. The van der Waals surface area contributed by atoms with Crippen LogP contribution in [-0.4, -0.2) is 58.8 Å². The van der Waals surface area contributed by atoms with Crippen LogP contribution in [0.25, 0.3) is 0 Å². The molecule has 0 aromatic heterocycles. The molecule has 166 valence electrons. The molecule has 31 heavy (non-hydrogen) atoms. The lowest BCUT2D eigenvalue weighted by Gasteiger charge is -2.29. The number of carbonyl (C=O) groups is 2. The fourth-order valence-corrected chi connectivity index (χ4v) is 3.88. The molecule has 9 nitrogen and oxygen atoms in total. The van der Waals surface area contributed by atoms with E-state index in [1.807, 2.05) is 12.1 Å². The first kappa shape index (κ1) is 22.4. The van der Waals surface area contributed by atoms with Crippen molar-refractivity contribution in [2.24, 2.45) is 0 Å². The number of rotatable bonds is 7. The zero-order valence-corrected chi connectivity index (χ0v) is 18.3. The van der Waals surface area contributed by atoms with Gasteiger partial charge in [-0.15, -0.1) is 0 Å². The Balaban J connectivity index is 1.62. The Morgan fingerprint density at radius 2 is 1.74 bits per heavy atom. The van der Waals surface area contributed by atoms with E-state index >= 15 is 0 Å². The van der Waals surface area contributed by atoms with Crippen molar-refractivity contribution >= 4 is 27.6 Å². The van der Waals surface area contributed by atoms with Crippen molar-refractivity contribution in [1.29, 1.82) is 0 Å². The van der Waals surface area contributed by atoms with Gasteiger partial charge in [-0.05, 0) is 47.9 Å². The number of esters is 1. The standard InChI is InChI=1S/C21H24N2O7S/c1-28-18-10-14-7-8-23(12-16(14)11-19(18)29-2)20(24)13-30-21(25)15-5-4-6-17(9-15)22-31(3,26)27/h4-6,9-11,22H,7-8,12-13H2,1-3H3. The van der Waals surface area contributed by atoms with Gasteiger partial charge in [0.1, 0.15) is 0 Å². The Labute approximate surface area is 181 Å². The van der Waals surface area contributed by atoms with Gasteiger partial charge in [-0.1, -0.05) is 6.07 Å². The minimum Gasteiger partial charge on any atom is -0.493 e. The lowest BCUT2D eigenvalue weighted by molar-refractivity contribution is -0.135. The highest BCUT2D eigenvalue weighted by atomic mass is 32.2. The molecule has 1 aliphatic rings. The number of hydrogen-bond acceptors (Lipinski definition) is 7. The Hall–Kier alpha value is -3.27. The lowest BCUT2D eigenvalue weighted by atomic mass is 9.99. The second-order valence-electron chi connectivity index (χ2n) is 7.07. The highest BCUT2D eigenvalue weighted by molar-refractivity contribution is 7.92. The van der Waals surface area contributed by atoms with E-state index in [9.17, 15) is 18.0 Å². The summed E-state index contributed by atoms with van der Waals surface area (Å²) < 4.78 is 40.8. The zero-order valence-electron chi connectivity index (χ0n) is 17.5. The van der Waals surface area contributed by atoms with Gasteiger partial charge in [0.15, 0.2) is 18.1 Å². The molecule has 0 unspecified atom stereocenters. The van der Waals surface area contributed by atoms with Gasteiger partial charge in [-0.3, -0.25) is 9.52 Å². The molecule has 0 fully saturated rings. The maximum absolute atomic E-state index is 12.6. The molecule has 0 aliphatic carbocycles. The maximum atomic E-state index is 12.6. The quantitative estimate of drug-likeness (QED) is 0.643. The summed E-state index contributed by atoms with van der Waals surface area (Å²) in [6, 6.07) is 9.63. The summed E-state index contributed by atoms with van der Waals surface area (Å²) in [6.07, 6.45) is 1.66. The van der Waals surface area contributed by atoms with Crippen LogP contribution in [-0.2, 0) is 32.5 Å². The van der Waals surface area contributed by atoms with E-state index in [1.54, 1.807) is 19.1 Å². The van der Waals surface area contributed by atoms with Crippen molar-refractivity contribution < 1.29 is 32.2 Å². The van der Waals surface area contributed by atoms with E-state index < -0.39 is 22.6 Å². The summed E-state index contributed by atoms with van der Waals surface area (Å²) >= 11 is 0. The van der Waals surface area contributed by atoms with Crippen LogP contribution in [0.3, 0.4) is 0 Å². The van der Waals surface area contributed by atoms with E-state index in [0.29, 0.717) is 31.0 Å². The number of carbonyl (C=O) groups excluding carboxylic acids is 2. The average molecular weight is 448 g/mol. The number of fused-ring (bicyclic) bond motifs is 1. The number of hydrogen-bond donors (Lipinski definition) is 1. The van der Waals surface area contributed by atoms with Crippen molar-refractivity contribution in [3.05, 3.63) is 53.1 Å². The molecule has 1 amide bonds. The van der Waals surface area contributed by atoms with Crippen molar-refractivity contribution in [1.82, 2.24) is 4.90 Å². The molecule has 2 aromatic carbocycles. The highest BCUT2D eigenvalue weighted by Gasteiger charge is 2.24. The third-order valence-corrected chi connectivity index (χ3v) is 5.41. The third-order valence-electron chi connectivity index (χ3n) is 4.80.